The van der Waals surface area contributed by atoms with Crippen LogP contribution in [0, 0.1) is 11.3 Å². The summed E-state index contributed by atoms with van der Waals surface area (Å²) in [5.74, 6) is 0.602. The number of nitrogens with zero attached hydrogens (tertiary/aromatic N) is 1. The molecule has 0 aliphatic carbocycles. The summed E-state index contributed by atoms with van der Waals surface area (Å²) in [6, 6.07) is 0. The fourth-order valence-electron chi connectivity index (χ4n) is 1.86. The van der Waals surface area contributed by atoms with Gasteiger partial charge in [-0.2, -0.15) is 8.42 Å². The quantitative estimate of drug-likeness (QED) is 0.549. The lowest BCUT2D eigenvalue weighted by molar-refractivity contribution is 0.298. The normalized spacial score (nSPS) is 14.7. The van der Waals surface area contributed by atoms with Crippen LogP contribution >= 0.6 is 0 Å². The maximum Gasteiger partial charge on any atom is 0.318 e. The highest BCUT2D eigenvalue weighted by Crippen LogP contribution is 2.28. The number of hydrogen-bond acceptors (Lipinski definition) is 2. The molecule has 90 valence electrons. The monoisotopic (exact) mass is 235 g/mol. The lowest BCUT2D eigenvalue weighted by Gasteiger charge is -2.25. The van der Waals surface area contributed by atoms with E-state index in [-0.39, 0.29) is 11.3 Å². The van der Waals surface area contributed by atoms with E-state index >= 15 is 0 Å². The predicted molar refractivity (Wildman–Crippen MR) is 62.6 cm³/mol. The van der Waals surface area contributed by atoms with E-state index in [1.807, 2.05) is 13.8 Å². The average Bonchev–Trinajstić information content (AvgIpc) is 1.73. The van der Waals surface area contributed by atoms with Gasteiger partial charge in [0.25, 0.3) is 0 Å². The van der Waals surface area contributed by atoms with Crippen molar-refractivity contribution in [3.8, 4) is 0 Å². The van der Waals surface area contributed by atoms with Crippen LogP contribution in [0.15, 0.2) is 4.40 Å². The Hall–Kier alpha value is -0.620. The van der Waals surface area contributed by atoms with Gasteiger partial charge in [0.1, 0.15) is 5.84 Å². The Balaban J connectivity index is 4.53. The molecule has 15 heavy (non-hydrogen) atoms. The molecule has 0 aliphatic rings. The molecular formula is C9H21N3O2S. The summed E-state index contributed by atoms with van der Waals surface area (Å²) in [6.07, 6.45) is 1.38. The van der Waals surface area contributed by atoms with Crippen molar-refractivity contribution in [1.29, 1.82) is 0 Å². The highest BCUT2D eigenvalue weighted by atomic mass is 32.2. The van der Waals surface area contributed by atoms with Crippen LogP contribution in [0.2, 0.25) is 0 Å². The summed E-state index contributed by atoms with van der Waals surface area (Å²) in [5.41, 5.74) is 5.45. The van der Waals surface area contributed by atoms with Crippen molar-refractivity contribution in [2.24, 2.45) is 26.6 Å². The lowest BCUT2D eigenvalue weighted by atomic mass is 9.81. The van der Waals surface area contributed by atoms with E-state index < -0.39 is 10.2 Å². The second-order valence-corrected chi connectivity index (χ2v) is 6.25. The van der Waals surface area contributed by atoms with Crippen LogP contribution in [-0.2, 0) is 10.2 Å². The van der Waals surface area contributed by atoms with Crippen LogP contribution in [0.1, 0.15) is 40.5 Å². The SMILES string of the molecule is CC(C)CC(C)(C)CC(N)=NS(N)(=O)=O. The van der Waals surface area contributed by atoms with Gasteiger partial charge in [-0.05, 0) is 17.8 Å². The van der Waals surface area contributed by atoms with Crippen LogP contribution in [0.3, 0.4) is 0 Å². The largest absolute Gasteiger partial charge is 0.386 e. The van der Waals surface area contributed by atoms with E-state index in [2.05, 4.69) is 18.2 Å². The highest BCUT2D eigenvalue weighted by molar-refractivity contribution is 7.88. The predicted octanol–water partition coefficient (Wildman–Crippen LogP) is 1.01. The molecule has 0 saturated heterocycles. The first-order valence-corrected chi connectivity index (χ1v) is 6.39. The first-order valence-electron chi connectivity index (χ1n) is 4.89. The summed E-state index contributed by atoms with van der Waals surface area (Å²) in [4.78, 5) is 0. The molecule has 0 radical (unpaired) electrons. The van der Waals surface area contributed by atoms with Gasteiger partial charge in [-0.1, -0.05) is 27.7 Å². The maximum absolute atomic E-state index is 10.7. The van der Waals surface area contributed by atoms with E-state index in [0.717, 1.165) is 6.42 Å². The lowest BCUT2D eigenvalue weighted by Crippen LogP contribution is -2.26. The Labute approximate surface area is 92.1 Å². The van der Waals surface area contributed by atoms with Crippen LogP contribution in [0.5, 0.6) is 0 Å². The zero-order valence-corrected chi connectivity index (χ0v) is 10.6. The Morgan fingerprint density at radius 1 is 1.40 bits per heavy atom. The third kappa shape index (κ3) is 8.38. The van der Waals surface area contributed by atoms with E-state index in [9.17, 15) is 8.42 Å². The summed E-state index contributed by atoms with van der Waals surface area (Å²) in [6.45, 7) is 8.26. The molecule has 0 aromatic heterocycles. The Morgan fingerprint density at radius 3 is 2.20 bits per heavy atom. The third-order valence-electron chi connectivity index (χ3n) is 1.87. The number of rotatable bonds is 5. The van der Waals surface area contributed by atoms with E-state index in [0.29, 0.717) is 12.3 Å². The van der Waals surface area contributed by atoms with Gasteiger partial charge in [0, 0.05) is 6.42 Å². The molecule has 6 heteroatoms. The molecule has 0 fully saturated rings. The minimum atomic E-state index is -3.86. The minimum Gasteiger partial charge on any atom is -0.386 e. The Bertz CT molecular complexity index is 331. The summed E-state index contributed by atoms with van der Waals surface area (Å²) in [7, 11) is -3.86. The zero-order chi connectivity index (χ0) is 12.3. The Kier molecular flexibility index (Phi) is 4.73. The van der Waals surface area contributed by atoms with Crippen LogP contribution in [-0.4, -0.2) is 14.3 Å². The molecule has 4 N–H and O–H groups in total. The number of nitrogens with two attached hydrogens (primary N) is 2. The summed E-state index contributed by atoms with van der Waals surface area (Å²) >= 11 is 0. The first-order chi connectivity index (χ1) is 6.52. The zero-order valence-electron chi connectivity index (χ0n) is 9.82. The summed E-state index contributed by atoms with van der Waals surface area (Å²) < 4.78 is 24.6. The molecule has 0 heterocycles. The van der Waals surface area contributed by atoms with Crippen LogP contribution < -0.4 is 10.9 Å². The second-order valence-electron chi connectivity index (χ2n) is 5.04. The van der Waals surface area contributed by atoms with Gasteiger partial charge in [-0.25, -0.2) is 5.14 Å². The van der Waals surface area contributed by atoms with Crippen molar-refractivity contribution in [2.75, 3.05) is 0 Å². The number of hydrogen-bond donors (Lipinski definition) is 2. The van der Waals surface area contributed by atoms with Crippen molar-refractivity contribution >= 4 is 16.0 Å². The molecule has 5 nitrogen and oxygen atoms in total. The molecule has 0 aromatic carbocycles. The molecule has 0 atom stereocenters. The van der Waals surface area contributed by atoms with Crippen LogP contribution in [0.4, 0.5) is 0 Å². The van der Waals surface area contributed by atoms with Gasteiger partial charge in [0.05, 0.1) is 0 Å². The fraction of sp³-hybridized carbons (Fsp3) is 0.889. The molecule has 0 aliphatic heterocycles. The van der Waals surface area contributed by atoms with Crippen molar-refractivity contribution in [3.05, 3.63) is 0 Å². The third-order valence-corrected chi connectivity index (χ3v) is 2.35. The van der Waals surface area contributed by atoms with Gasteiger partial charge in [0.15, 0.2) is 0 Å². The van der Waals surface area contributed by atoms with Crippen LogP contribution in [0.25, 0.3) is 0 Å². The fourth-order valence-corrected chi connectivity index (χ4v) is 2.25. The van der Waals surface area contributed by atoms with Gasteiger partial charge < -0.3 is 5.73 Å². The van der Waals surface area contributed by atoms with Gasteiger partial charge >= 0.3 is 10.2 Å². The standard InChI is InChI=1S/C9H21N3O2S/c1-7(2)5-9(3,4)6-8(10)12-15(11,13)14/h7H,5-6H2,1-4H3,(H2,10,12)(H2,11,13,14). The van der Waals surface area contributed by atoms with Gasteiger partial charge in [-0.3, -0.25) is 0 Å². The number of amidine groups is 1. The van der Waals surface area contributed by atoms with E-state index in [4.69, 9.17) is 10.9 Å². The molecule has 0 spiro atoms. The van der Waals surface area contributed by atoms with Crippen molar-refractivity contribution in [1.82, 2.24) is 0 Å². The maximum atomic E-state index is 10.7. The molecule has 0 saturated carbocycles. The molecule has 0 aromatic rings. The van der Waals surface area contributed by atoms with Crippen molar-refractivity contribution in [3.63, 3.8) is 0 Å². The smallest absolute Gasteiger partial charge is 0.318 e. The minimum absolute atomic E-state index is 0.0631. The molecular weight excluding hydrogens is 214 g/mol. The van der Waals surface area contributed by atoms with E-state index in [1.165, 1.54) is 0 Å². The molecule has 0 bridgehead atoms. The van der Waals surface area contributed by atoms with Gasteiger partial charge in [-0.15, -0.1) is 4.40 Å². The first kappa shape index (κ1) is 14.4. The Morgan fingerprint density at radius 2 is 1.87 bits per heavy atom. The molecule has 0 amide bonds. The highest BCUT2D eigenvalue weighted by Gasteiger charge is 2.21. The molecule has 0 unspecified atom stereocenters. The van der Waals surface area contributed by atoms with Gasteiger partial charge in [0.2, 0.25) is 0 Å². The van der Waals surface area contributed by atoms with Crippen molar-refractivity contribution < 1.29 is 8.42 Å². The topological polar surface area (TPSA) is 98.5 Å². The molecule has 0 rings (SSSR count). The summed E-state index contributed by atoms with van der Waals surface area (Å²) in [5, 5.41) is 4.76. The average molecular weight is 235 g/mol. The second kappa shape index (κ2) is 4.94. The van der Waals surface area contributed by atoms with Crippen molar-refractivity contribution in [2.45, 2.75) is 40.5 Å². The van der Waals surface area contributed by atoms with E-state index in [1.54, 1.807) is 0 Å².